The van der Waals surface area contributed by atoms with Crippen LogP contribution in [-0.4, -0.2) is 29.5 Å². The van der Waals surface area contributed by atoms with Gasteiger partial charge in [-0.25, -0.2) is 15.0 Å². The monoisotopic (exact) mass is 934 g/mol. The van der Waals surface area contributed by atoms with Crippen molar-refractivity contribution in [2.45, 2.75) is 26.2 Å². The molecule has 0 unspecified atom stereocenters. The molecule has 1 aliphatic rings. The van der Waals surface area contributed by atoms with Crippen LogP contribution >= 0.6 is 0 Å². The molecule has 0 saturated carbocycles. The van der Waals surface area contributed by atoms with E-state index in [4.69, 9.17) is 29.7 Å². The summed E-state index contributed by atoms with van der Waals surface area (Å²) >= 11 is 0. The van der Waals surface area contributed by atoms with Crippen LogP contribution in [0.3, 0.4) is 0 Å². The predicted molar refractivity (Wildman–Crippen MR) is 225 cm³/mol. The molecular weight excluding hydrogens is 900 g/mol. The van der Waals surface area contributed by atoms with Crippen LogP contribution in [-0.2, 0) is 26.5 Å². The largest absolute Gasteiger partial charge is 0.509 e. The number of fused-ring (bicyclic) bond motifs is 4. The summed E-state index contributed by atoms with van der Waals surface area (Å²) in [5.74, 6) is 4.19. The number of benzene rings is 5. The smallest absolute Gasteiger partial charge is 0.206 e. The second-order valence-corrected chi connectivity index (χ2v) is 14.8. The Labute approximate surface area is 350 Å². The Bertz CT molecular complexity index is 2870. The van der Waals surface area contributed by atoms with Gasteiger partial charge in [0.15, 0.2) is 11.6 Å². The molecule has 5 aromatic carbocycles. The first-order valence-corrected chi connectivity index (χ1v) is 18.8. The van der Waals surface area contributed by atoms with Gasteiger partial charge in [0.2, 0.25) is 5.95 Å². The molecule has 9 aromatic rings. The summed E-state index contributed by atoms with van der Waals surface area (Å²) in [6, 6.07) is 53.4. The normalized spacial score (nSPS) is 12.5. The SMILES string of the molecule is CC(C)(C)c1ccnc(-n2c3[c-]c(Oc4[c-]c(N5[CH-]N(c6nc(-c7ccccc7)nc(-c7ccccc7)n6)c6ncccc65)ccc4)ccc3c3ccccc32)c1.[Pt]. The van der Waals surface area contributed by atoms with Crippen LogP contribution in [0.1, 0.15) is 26.3 Å². The minimum atomic E-state index is -0.0306. The Morgan fingerprint density at radius 2 is 1.31 bits per heavy atom. The number of anilines is 4. The number of para-hydroxylation sites is 1. The third-order valence-electron chi connectivity index (χ3n) is 10.0. The fourth-order valence-electron chi connectivity index (χ4n) is 7.17. The maximum atomic E-state index is 6.53. The summed E-state index contributed by atoms with van der Waals surface area (Å²) in [6.07, 6.45) is 3.65. The molecule has 10 heteroatoms. The van der Waals surface area contributed by atoms with Crippen LogP contribution in [0.2, 0.25) is 0 Å². The molecule has 9 nitrogen and oxygen atoms in total. The van der Waals surface area contributed by atoms with Gasteiger partial charge in [-0.3, -0.25) is 0 Å². The molecule has 0 radical (unpaired) electrons. The average Bonchev–Trinajstić information content (AvgIpc) is 3.80. The Kier molecular flexibility index (Phi) is 9.54. The summed E-state index contributed by atoms with van der Waals surface area (Å²) in [5.41, 5.74) is 6.48. The van der Waals surface area contributed by atoms with Crippen LogP contribution in [0.5, 0.6) is 11.5 Å². The van der Waals surface area contributed by atoms with Crippen molar-refractivity contribution in [3.63, 3.8) is 0 Å². The summed E-state index contributed by atoms with van der Waals surface area (Å²) in [4.78, 5) is 28.3. The Hall–Kier alpha value is -6.70. The number of rotatable bonds is 7. The topological polar surface area (TPSA) is 85.1 Å². The van der Waals surface area contributed by atoms with E-state index in [1.54, 1.807) is 6.20 Å². The van der Waals surface area contributed by atoms with Gasteiger partial charge in [0.05, 0.1) is 5.69 Å². The number of pyridine rings is 2. The van der Waals surface area contributed by atoms with Crippen molar-refractivity contribution < 1.29 is 25.8 Å². The van der Waals surface area contributed by atoms with E-state index in [1.807, 2.05) is 120 Å². The summed E-state index contributed by atoms with van der Waals surface area (Å²) < 4.78 is 8.70. The van der Waals surface area contributed by atoms with Crippen LogP contribution in [0, 0.1) is 18.8 Å². The molecule has 0 spiro atoms. The zero-order valence-electron chi connectivity index (χ0n) is 31.8. The van der Waals surface area contributed by atoms with Gasteiger partial charge in [-0.2, -0.15) is 22.1 Å². The van der Waals surface area contributed by atoms with Crippen molar-refractivity contribution in [2.75, 3.05) is 9.80 Å². The molecule has 0 fully saturated rings. The second kappa shape index (κ2) is 15.0. The Morgan fingerprint density at radius 3 is 2.05 bits per heavy atom. The maximum Gasteiger partial charge on any atom is 0.206 e. The maximum absolute atomic E-state index is 6.53. The molecule has 58 heavy (non-hydrogen) atoms. The van der Waals surface area contributed by atoms with Gasteiger partial charge in [-0.15, -0.1) is 48.1 Å². The number of ether oxygens (including phenoxy) is 1. The summed E-state index contributed by atoms with van der Waals surface area (Å²) in [6.45, 7) is 8.57. The third-order valence-corrected chi connectivity index (χ3v) is 10.0. The molecular formula is C48H35N8OPt-3. The number of hydrogen-bond donors (Lipinski definition) is 0. The molecule has 5 heterocycles. The van der Waals surface area contributed by atoms with Gasteiger partial charge >= 0.3 is 0 Å². The van der Waals surface area contributed by atoms with Crippen LogP contribution in [0.25, 0.3) is 50.4 Å². The molecule has 0 bridgehead atoms. The molecule has 4 aromatic heterocycles. The van der Waals surface area contributed by atoms with E-state index in [0.717, 1.165) is 50.1 Å². The van der Waals surface area contributed by atoms with Crippen LogP contribution in [0.15, 0.2) is 152 Å². The zero-order valence-corrected chi connectivity index (χ0v) is 34.1. The summed E-state index contributed by atoms with van der Waals surface area (Å²) in [5, 5.41) is 2.19. The minimum absolute atomic E-state index is 0. The van der Waals surface area contributed by atoms with Gasteiger partial charge in [-0.05, 0) is 46.7 Å². The molecule has 0 N–H and O–H groups in total. The van der Waals surface area contributed by atoms with Crippen molar-refractivity contribution in [1.29, 1.82) is 0 Å². The number of aromatic nitrogens is 6. The minimum Gasteiger partial charge on any atom is -0.509 e. The number of nitrogens with zero attached hydrogens (tertiary/aromatic N) is 8. The zero-order chi connectivity index (χ0) is 38.5. The number of hydrogen-bond acceptors (Lipinski definition) is 8. The molecule has 286 valence electrons. The van der Waals surface area contributed by atoms with E-state index in [9.17, 15) is 0 Å². The van der Waals surface area contributed by atoms with Crippen molar-refractivity contribution in [3.05, 3.63) is 176 Å². The van der Waals surface area contributed by atoms with Crippen molar-refractivity contribution >= 4 is 44.9 Å². The van der Waals surface area contributed by atoms with Gasteiger partial charge in [0.25, 0.3) is 0 Å². The molecule has 1 aliphatic heterocycles. The second-order valence-electron chi connectivity index (χ2n) is 14.8. The average molecular weight is 935 g/mol. The molecule has 0 aliphatic carbocycles. The molecule has 10 rings (SSSR count). The first-order chi connectivity index (χ1) is 27.9. The van der Waals surface area contributed by atoms with E-state index in [0.29, 0.717) is 34.9 Å². The van der Waals surface area contributed by atoms with Crippen LogP contribution in [0.4, 0.5) is 23.1 Å². The fraction of sp³-hybridized carbons (Fsp3) is 0.0833. The van der Waals surface area contributed by atoms with Crippen LogP contribution < -0.4 is 14.5 Å². The van der Waals surface area contributed by atoms with E-state index in [-0.39, 0.29) is 26.5 Å². The van der Waals surface area contributed by atoms with E-state index in [2.05, 4.69) is 79.9 Å². The Morgan fingerprint density at radius 1 is 0.603 bits per heavy atom. The molecule has 0 amide bonds. The molecule has 0 atom stereocenters. The quantitative estimate of drug-likeness (QED) is 0.146. The van der Waals surface area contributed by atoms with Crippen molar-refractivity contribution in [2.24, 2.45) is 0 Å². The standard InChI is InChI=1S/C48H35N8O.Pt/c1-48(2,3)34-25-27-49-43(28-34)56-40-21-11-10-20-38(40)39-24-23-37(30-42(39)56)57-36-19-12-18-35(29-36)54-31-55(46-41(54)22-13-26-50-46)47-52-44(32-14-6-4-7-15-32)51-45(53-47)33-16-8-5-9-17-33;/h4-28,31H,1-3H3;/q-3;. The van der Waals surface area contributed by atoms with E-state index in [1.165, 1.54) is 5.56 Å². The van der Waals surface area contributed by atoms with E-state index >= 15 is 0 Å². The first-order valence-electron chi connectivity index (χ1n) is 18.8. The van der Waals surface area contributed by atoms with Gasteiger partial charge in [0.1, 0.15) is 11.6 Å². The summed E-state index contributed by atoms with van der Waals surface area (Å²) in [7, 11) is 0. The van der Waals surface area contributed by atoms with E-state index < -0.39 is 0 Å². The molecule has 0 saturated heterocycles. The van der Waals surface area contributed by atoms with Gasteiger partial charge in [-0.1, -0.05) is 105 Å². The fourth-order valence-corrected chi connectivity index (χ4v) is 7.17. The third kappa shape index (κ3) is 6.77. The predicted octanol–water partition coefficient (Wildman–Crippen LogP) is 11.2. The first kappa shape index (κ1) is 36.9. The van der Waals surface area contributed by atoms with Crippen molar-refractivity contribution in [3.8, 4) is 40.1 Å². The van der Waals surface area contributed by atoms with Gasteiger partial charge < -0.3 is 19.1 Å². The van der Waals surface area contributed by atoms with Gasteiger partial charge in [0, 0.05) is 61.6 Å². The Balaban J connectivity index is 0.00000436. The van der Waals surface area contributed by atoms with Crippen molar-refractivity contribution in [1.82, 2.24) is 29.5 Å².